The number of para-hydroxylation sites is 2. The zero-order chi connectivity index (χ0) is 20.9. The molecule has 0 unspecified atom stereocenters. The Bertz CT molecular complexity index is 1140. The second-order valence-corrected chi connectivity index (χ2v) is 7.39. The van der Waals surface area contributed by atoms with Crippen molar-refractivity contribution in [3.63, 3.8) is 0 Å². The third-order valence-corrected chi connectivity index (χ3v) is 5.03. The van der Waals surface area contributed by atoms with Crippen LogP contribution in [-0.2, 0) is 24.5 Å². The van der Waals surface area contributed by atoms with Gasteiger partial charge in [-0.2, -0.15) is 0 Å². The topological polar surface area (TPSA) is 60.2 Å². The number of rotatable bonds is 7. The molecule has 2 aromatic heterocycles. The van der Waals surface area contributed by atoms with E-state index in [0.29, 0.717) is 23.1 Å². The van der Waals surface area contributed by atoms with E-state index in [9.17, 15) is 4.79 Å². The molecule has 4 rings (SSSR count). The summed E-state index contributed by atoms with van der Waals surface area (Å²) >= 11 is 5.93. The molecule has 6 nitrogen and oxygen atoms in total. The van der Waals surface area contributed by atoms with Gasteiger partial charge in [-0.15, -0.1) is 0 Å². The molecule has 0 aliphatic heterocycles. The summed E-state index contributed by atoms with van der Waals surface area (Å²) in [4.78, 5) is 23.4. The van der Waals surface area contributed by atoms with Gasteiger partial charge in [0.1, 0.15) is 24.7 Å². The highest BCUT2D eigenvalue weighted by Crippen LogP contribution is 2.20. The standard InChI is InChI=1S/C23H21ClN4O2/c1-27(14-17-5-4-12-25-13-17)23(29)15-28-21-7-3-2-6-20(21)26-22(28)16-30-19-10-8-18(24)9-11-19/h2-13H,14-16H2,1H3. The number of imidazole rings is 1. The number of aromatic nitrogens is 3. The monoisotopic (exact) mass is 420 g/mol. The zero-order valence-electron chi connectivity index (χ0n) is 16.5. The Morgan fingerprint density at radius 1 is 1.10 bits per heavy atom. The van der Waals surface area contributed by atoms with Gasteiger partial charge in [-0.3, -0.25) is 9.78 Å². The SMILES string of the molecule is CN(Cc1cccnc1)C(=O)Cn1c(COc2ccc(Cl)cc2)nc2ccccc21. The quantitative estimate of drug-likeness (QED) is 0.446. The third kappa shape index (κ3) is 4.60. The van der Waals surface area contributed by atoms with E-state index >= 15 is 0 Å². The van der Waals surface area contributed by atoms with Crippen LogP contribution in [-0.4, -0.2) is 32.4 Å². The summed E-state index contributed by atoms with van der Waals surface area (Å²) in [6.07, 6.45) is 3.48. The second-order valence-electron chi connectivity index (χ2n) is 6.96. The predicted molar refractivity (Wildman–Crippen MR) is 116 cm³/mol. The Labute approximate surface area is 179 Å². The van der Waals surface area contributed by atoms with Crippen molar-refractivity contribution >= 4 is 28.5 Å². The Morgan fingerprint density at radius 2 is 1.90 bits per heavy atom. The molecule has 1 amide bonds. The van der Waals surface area contributed by atoms with Crippen molar-refractivity contribution in [1.29, 1.82) is 0 Å². The normalized spacial score (nSPS) is 10.9. The number of nitrogens with zero attached hydrogens (tertiary/aromatic N) is 4. The van der Waals surface area contributed by atoms with E-state index in [1.807, 2.05) is 53.1 Å². The van der Waals surface area contributed by atoms with Crippen LogP contribution >= 0.6 is 11.6 Å². The molecule has 0 N–H and O–H groups in total. The van der Waals surface area contributed by atoms with E-state index in [0.717, 1.165) is 16.6 Å². The van der Waals surface area contributed by atoms with Crippen LogP contribution in [0.4, 0.5) is 0 Å². The summed E-state index contributed by atoms with van der Waals surface area (Å²) in [5.41, 5.74) is 2.71. The number of ether oxygens (including phenoxy) is 1. The molecule has 0 spiro atoms. The summed E-state index contributed by atoms with van der Waals surface area (Å²) in [7, 11) is 1.79. The van der Waals surface area contributed by atoms with Crippen LogP contribution in [0.5, 0.6) is 5.75 Å². The summed E-state index contributed by atoms with van der Waals surface area (Å²) < 4.78 is 7.79. The van der Waals surface area contributed by atoms with Crippen molar-refractivity contribution in [2.75, 3.05) is 7.05 Å². The predicted octanol–water partition coefficient (Wildman–Crippen LogP) is 4.32. The Kier molecular flexibility index (Phi) is 5.95. The molecular formula is C23H21ClN4O2. The number of fused-ring (bicyclic) bond motifs is 1. The van der Waals surface area contributed by atoms with Crippen molar-refractivity contribution in [1.82, 2.24) is 19.4 Å². The van der Waals surface area contributed by atoms with Gasteiger partial charge in [0, 0.05) is 31.0 Å². The van der Waals surface area contributed by atoms with Gasteiger partial charge < -0.3 is 14.2 Å². The molecule has 0 fully saturated rings. The maximum Gasteiger partial charge on any atom is 0.242 e. The minimum atomic E-state index is -0.0188. The summed E-state index contributed by atoms with van der Waals surface area (Å²) in [5.74, 6) is 1.36. The van der Waals surface area contributed by atoms with E-state index in [1.54, 1.807) is 36.5 Å². The number of benzene rings is 2. The largest absolute Gasteiger partial charge is 0.486 e. The lowest BCUT2D eigenvalue weighted by molar-refractivity contribution is -0.131. The molecular weight excluding hydrogens is 400 g/mol. The van der Waals surface area contributed by atoms with Crippen molar-refractivity contribution in [3.8, 4) is 5.75 Å². The van der Waals surface area contributed by atoms with Crippen molar-refractivity contribution in [2.45, 2.75) is 19.7 Å². The fourth-order valence-electron chi connectivity index (χ4n) is 3.20. The van der Waals surface area contributed by atoms with E-state index in [4.69, 9.17) is 16.3 Å². The van der Waals surface area contributed by atoms with Gasteiger partial charge in [0.05, 0.1) is 11.0 Å². The molecule has 0 aliphatic carbocycles. The molecule has 0 saturated heterocycles. The number of hydrogen-bond donors (Lipinski definition) is 0. The van der Waals surface area contributed by atoms with Gasteiger partial charge in [-0.05, 0) is 48.0 Å². The lowest BCUT2D eigenvalue weighted by Crippen LogP contribution is -2.30. The molecule has 0 radical (unpaired) electrons. The van der Waals surface area contributed by atoms with E-state index in [-0.39, 0.29) is 19.1 Å². The Hall–Kier alpha value is -3.38. The number of pyridine rings is 1. The van der Waals surface area contributed by atoms with Gasteiger partial charge in [0.25, 0.3) is 0 Å². The fraction of sp³-hybridized carbons (Fsp3) is 0.174. The summed E-state index contributed by atoms with van der Waals surface area (Å²) in [5, 5.41) is 0.650. The molecule has 7 heteroatoms. The summed E-state index contributed by atoms with van der Waals surface area (Å²) in [6, 6.07) is 18.7. The molecule has 4 aromatic rings. The number of carbonyl (C=O) groups is 1. The van der Waals surface area contributed by atoms with Crippen LogP contribution in [0, 0.1) is 0 Å². The Morgan fingerprint density at radius 3 is 2.67 bits per heavy atom. The van der Waals surface area contributed by atoms with E-state index in [1.165, 1.54) is 0 Å². The minimum Gasteiger partial charge on any atom is -0.486 e. The maximum atomic E-state index is 12.9. The van der Waals surface area contributed by atoms with Gasteiger partial charge in [-0.1, -0.05) is 29.8 Å². The first-order valence-corrected chi connectivity index (χ1v) is 9.93. The maximum absolute atomic E-state index is 12.9. The van der Waals surface area contributed by atoms with Gasteiger partial charge in [0.2, 0.25) is 5.91 Å². The fourth-order valence-corrected chi connectivity index (χ4v) is 3.33. The first-order valence-electron chi connectivity index (χ1n) is 9.55. The van der Waals surface area contributed by atoms with Gasteiger partial charge in [-0.25, -0.2) is 4.98 Å². The number of hydrogen-bond acceptors (Lipinski definition) is 4. The zero-order valence-corrected chi connectivity index (χ0v) is 17.3. The average molecular weight is 421 g/mol. The van der Waals surface area contributed by atoms with Crippen LogP contribution in [0.25, 0.3) is 11.0 Å². The highest BCUT2D eigenvalue weighted by Gasteiger charge is 2.17. The second kappa shape index (κ2) is 8.97. The molecule has 2 aromatic carbocycles. The minimum absolute atomic E-state index is 0.0188. The number of amides is 1. The molecule has 0 bridgehead atoms. The molecule has 0 saturated carbocycles. The molecule has 0 aliphatic rings. The molecule has 0 atom stereocenters. The van der Waals surface area contributed by atoms with Gasteiger partial charge >= 0.3 is 0 Å². The van der Waals surface area contributed by atoms with Crippen LogP contribution in [0.1, 0.15) is 11.4 Å². The number of carbonyl (C=O) groups excluding carboxylic acids is 1. The van der Waals surface area contributed by atoms with Crippen LogP contribution < -0.4 is 4.74 Å². The van der Waals surface area contributed by atoms with Gasteiger partial charge in [0.15, 0.2) is 0 Å². The summed E-state index contributed by atoms with van der Waals surface area (Å²) in [6.45, 7) is 0.919. The highest BCUT2D eigenvalue weighted by atomic mass is 35.5. The highest BCUT2D eigenvalue weighted by molar-refractivity contribution is 6.30. The number of likely N-dealkylation sites (N-methyl/N-ethyl adjacent to an activating group) is 1. The average Bonchev–Trinajstić information content (AvgIpc) is 3.11. The van der Waals surface area contributed by atoms with E-state index < -0.39 is 0 Å². The molecule has 30 heavy (non-hydrogen) atoms. The van der Waals surface area contributed by atoms with Crippen LogP contribution in [0.15, 0.2) is 73.1 Å². The lowest BCUT2D eigenvalue weighted by atomic mass is 10.2. The first kappa shape index (κ1) is 19.9. The van der Waals surface area contributed by atoms with Crippen molar-refractivity contribution in [2.24, 2.45) is 0 Å². The van der Waals surface area contributed by atoms with E-state index in [2.05, 4.69) is 9.97 Å². The third-order valence-electron chi connectivity index (χ3n) is 4.78. The Balaban J connectivity index is 1.53. The number of halogens is 1. The van der Waals surface area contributed by atoms with Crippen molar-refractivity contribution < 1.29 is 9.53 Å². The van der Waals surface area contributed by atoms with Crippen LogP contribution in [0.3, 0.4) is 0 Å². The van der Waals surface area contributed by atoms with Crippen LogP contribution in [0.2, 0.25) is 5.02 Å². The smallest absolute Gasteiger partial charge is 0.242 e. The van der Waals surface area contributed by atoms with Crippen molar-refractivity contribution in [3.05, 3.63) is 89.5 Å². The first-order chi connectivity index (χ1) is 14.6. The molecule has 2 heterocycles. The molecule has 152 valence electrons. The lowest BCUT2D eigenvalue weighted by Gasteiger charge is -2.18.